The van der Waals surface area contributed by atoms with E-state index in [1.165, 1.54) is 34.5 Å². The van der Waals surface area contributed by atoms with E-state index in [2.05, 4.69) is 67.0 Å². The van der Waals surface area contributed by atoms with Crippen molar-refractivity contribution in [2.75, 3.05) is 24.2 Å². The van der Waals surface area contributed by atoms with Gasteiger partial charge in [-0.25, -0.2) is 9.97 Å². The van der Waals surface area contributed by atoms with E-state index in [1.807, 2.05) is 6.20 Å². The SMILES string of the molecule is CSc1ccc2c(C)cc(N3CCC[C@@H](c4nccn4C(C)C)C3)nc2c1. The summed E-state index contributed by atoms with van der Waals surface area (Å²) in [5, 5.41) is 1.25. The van der Waals surface area contributed by atoms with E-state index in [1.54, 1.807) is 11.8 Å². The van der Waals surface area contributed by atoms with Crippen LogP contribution in [0.3, 0.4) is 0 Å². The summed E-state index contributed by atoms with van der Waals surface area (Å²) in [6.45, 7) is 8.70. The second-order valence-electron chi connectivity index (χ2n) is 7.75. The highest BCUT2D eigenvalue weighted by atomic mass is 32.2. The van der Waals surface area contributed by atoms with Crippen LogP contribution in [-0.4, -0.2) is 33.9 Å². The van der Waals surface area contributed by atoms with E-state index in [0.29, 0.717) is 12.0 Å². The number of aryl methyl sites for hydroxylation is 1. The molecule has 3 heterocycles. The number of thioether (sulfide) groups is 1. The molecule has 1 aliphatic heterocycles. The van der Waals surface area contributed by atoms with Crippen molar-refractivity contribution in [3.63, 3.8) is 0 Å². The highest BCUT2D eigenvalue weighted by molar-refractivity contribution is 7.98. The number of pyridine rings is 1. The summed E-state index contributed by atoms with van der Waals surface area (Å²) in [5.74, 6) is 2.79. The van der Waals surface area contributed by atoms with Gasteiger partial charge in [-0.05, 0) is 63.6 Å². The molecule has 1 fully saturated rings. The predicted octanol–water partition coefficient (Wildman–Crippen LogP) is 5.43. The minimum atomic E-state index is 0.448. The molecule has 1 aromatic carbocycles. The number of nitrogens with zero attached hydrogens (tertiary/aromatic N) is 4. The average molecular weight is 381 g/mol. The van der Waals surface area contributed by atoms with Crippen LogP contribution in [0.1, 0.15) is 50.0 Å². The monoisotopic (exact) mass is 380 g/mol. The fraction of sp³-hybridized carbons (Fsp3) is 0.455. The van der Waals surface area contributed by atoms with Gasteiger partial charge in [0, 0.05) is 47.7 Å². The van der Waals surface area contributed by atoms with Gasteiger partial charge in [0.15, 0.2) is 0 Å². The molecule has 0 N–H and O–H groups in total. The van der Waals surface area contributed by atoms with Crippen molar-refractivity contribution < 1.29 is 0 Å². The molecule has 2 aromatic heterocycles. The van der Waals surface area contributed by atoms with Gasteiger partial charge >= 0.3 is 0 Å². The van der Waals surface area contributed by atoms with E-state index in [0.717, 1.165) is 24.4 Å². The Balaban J connectivity index is 1.65. The number of rotatable bonds is 4. The minimum absolute atomic E-state index is 0.448. The van der Waals surface area contributed by atoms with Crippen LogP contribution in [0.15, 0.2) is 41.6 Å². The molecule has 27 heavy (non-hydrogen) atoms. The van der Waals surface area contributed by atoms with Gasteiger partial charge in [0.05, 0.1) is 5.52 Å². The van der Waals surface area contributed by atoms with Crippen molar-refractivity contribution >= 4 is 28.5 Å². The molecule has 5 heteroatoms. The Labute approximate surface area is 166 Å². The molecule has 0 saturated carbocycles. The van der Waals surface area contributed by atoms with Crippen molar-refractivity contribution in [2.24, 2.45) is 0 Å². The van der Waals surface area contributed by atoms with Crippen LogP contribution in [0.2, 0.25) is 0 Å². The van der Waals surface area contributed by atoms with Gasteiger partial charge in [0.25, 0.3) is 0 Å². The lowest BCUT2D eigenvalue weighted by Crippen LogP contribution is -2.36. The third-order valence-electron chi connectivity index (χ3n) is 5.58. The normalized spacial score (nSPS) is 17.8. The first-order valence-corrected chi connectivity index (χ1v) is 11.0. The third-order valence-corrected chi connectivity index (χ3v) is 6.30. The van der Waals surface area contributed by atoms with E-state index in [9.17, 15) is 0 Å². The zero-order valence-electron chi connectivity index (χ0n) is 16.6. The number of hydrogen-bond acceptors (Lipinski definition) is 4. The Morgan fingerprint density at radius 2 is 2.07 bits per heavy atom. The first-order valence-electron chi connectivity index (χ1n) is 9.80. The molecule has 1 saturated heterocycles. The molecular weight excluding hydrogens is 352 g/mol. The number of hydrogen-bond donors (Lipinski definition) is 0. The van der Waals surface area contributed by atoms with E-state index in [-0.39, 0.29) is 0 Å². The van der Waals surface area contributed by atoms with Gasteiger partial charge in [0.1, 0.15) is 11.6 Å². The van der Waals surface area contributed by atoms with Gasteiger partial charge in [-0.3, -0.25) is 0 Å². The van der Waals surface area contributed by atoms with Crippen molar-refractivity contribution in [1.29, 1.82) is 0 Å². The summed E-state index contributed by atoms with van der Waals surface area (Å²) in [6.07, 6.45) is 8.55. The van der Waals surface area contributed by atoms with Crippen LogP contribution in [0, 0.1) is 6.92 Å². The molecule has 4 rings (SSSR count). The number of aromatic nitrogens is 3. The molecule has 0 spiro atoms. The Kier molecular flexibility index (Phi) is 5.13. The number of piperidine rings is 1. The topological polar surface area (TPSA) is 34.0 Å². The lowest BCUT2D eigenvalue weighted by atomic mass is 9.96. The number of imidazole rings is 1. The Morgan fingerprint density at radius 1 is 1.22 bits per heavy atom. The molecule has 1 atom stereocenters. The van der Waals surface area contributed by atoms with E-state index >= 15 is 0 Å². The maximum absolute atomic E-state index is 5.03. The van der Waals surface area contributed by atoms with Crippen LogP contribution in [0.5, 0.6) is 0 Å². The summed E-state index contributed by atoms with van der Waals surface area (Å²) in [7, 11) is 0. The molecule has 0 amide bonds. The third kappa shape index (κ3) is 3.57. The Hall–Kier alpha value is -2.01. The van der Waals surface area contributed by atoms with Crippen LogP contribution >= 0.6 is 11.8 Å². The van der Waals surface area contributed by atoms with Gasteiger partial charge in [-0.2, -0.15) is 0 Å². The lowest BCUT2D eigenvalue weighted by Gasteiger charge is -2.34. The van der Waals surface area contributed by atoms with E-state index in [4.69, 9.17) is 9.97 Å². The molecule has 4 nitrogen and oxygen atoms in total. The molecule has 0 bridgehead atoms. The highest BCUT2D eigenvalue weighted by Crippen LogP contribution is 2.32. The second-order valence-corrected chi connectivity index (χ2v) is 8.63. The van der Waals surface area contributed by atoms with Crippen LogP contribution < -0.4 is 4.90 Å². The maximum atomic E-state index is 5.03. The number of benzene rings is 1. The summed E-state index contributed by atoms with van der Waals surface area (Å²) < 4.78 is 2.32. The first kappa shape index (κ1) is 18.4. The predicted molar refractivity (Wildman–Crippen MR) is 115 cm³/mol. The molecule has 3 aromatic rings. The Morgan fingerprint density at radius 3 is 2.85 bits per heavy atom. The molecular formula is C22H28N4S. The summed E-state index contributed by atoms with van der Waals surface area (Å²) in [4.78, 5) is 13.4. The van der Waals surface area contributed by atoms with Crippen molar-refractivity contribution in [1.82, 2.24) is 14.5 Å². The molecule has 0 unspecified atom stereocenters. The standard InChI is InChI=1S/C22H28N4S/c1-15(2)26-11-9-23-22(26)17-6-5-10-25(14-17)21-12-16(3)19-8-7-18(27-4)13-20(19)24-21/h7-9,11-13,15,17H,5-6,10,14H2,1-4H3/t17-/m1/s1. The summed E-state index contributed by atoms with van der Waals surface area (Å²) in [6, 6.07) is 9.29. The zero-order valence-corrected chi connectivity index (χ0v) is 17.5. The number of fused-ring (bicyclic) bond motifs is 1. The maximum Gasteiger partial charge on any atom is 0.129 e. The van der Waals surface area contributed by atoms with Crippen LogP contribution in [0.25, 0.3) is 10.9 Å². The summed E-state index contributed by atoms with van der Waals surface area (Å²) in [5.41, 5.74) is 2.40. The molecule has 0 radical (unpaired) electrons. The quantitative estimate of drug-likeness (QED) is 0.566. The van der Waals surface area contributed by atoms with Gasteiger partial charge in [-0.1, -0.05) is 6.07 Å². The highest BCUT2D eigenvalue weighted by Gasteiger charge is 2.26. The fourth-order valence-corrected chi connectivity index (χ4v) is 4.56. The molecule has 142 valence electrons. The van der Waals surface area contributed by atoms with Crippen molar-refractivity contribution in [3.8, 4) is 0 Å². The van der Waals surface area contributed by atoms with Crippen molar-refractivity contribution in [3.05, 3.63) is 48.0 Å². The van der Waals surface area contributed by atoms with Crippen LogP contribution in [-0.2, 0) is 0 Å². The molecule has 0 aliphatic carbocycles. The zero-order chi connectivity index (χ0) is 19.0. The van der Waals surface area contributed by atoms with Gasteiger partial charge < -0.3 is 9.47 Å². The molecule has 1 aliphatic rings. The first-order chi connectivity index (χ1) is 13.1. The van der Waals surface area contributed by atoms with Crippen LogP contribution in [0.4, 0.5) is 5.82 Å². The minimum Gasteiger partial charge on any atom is -0.356 e. The average Bonchev–Trinajstić information content (AvgIpc) is 3.18. The number of anilines is 1. The smallest absolute Gasteiger partial charge is 0.129 e. The van der Waals surface area contributed by atoms with E-state index < -0.39 is 0 Å². The van der Waals surface area contributed by atoms with Crippen molar-refractivity contribution in [2.45, 2.75) is 50.5 Å². The lowest BCUT2D eigenvalue weighted by molar-refractivity contribution is 0.453. The summed E-state index contributed by atoms with van der Waals surface area (Å²) >= 11 is 1.77. The second kappa shape index (κ2) is 7.55. The van der Waals surface area contributed by atoms with Gasteiger partial charge in [-0.15, -0.1) is 11.8 Å². The fourth-order valence-electron chi connectivity index (χ4n) is 4.13. The largest absolute Gasteiger partial charge is 0.356 e. The van der Waals surface area contributed by atoms with Gasteiger partial charge in [0.2, 0.25) is 0 Å². The Bertz CT molecular complexity index is 947.